The summed E-state index contributed by atoms with van der Waals surface area (Å²) >= 11 is 5.57. The highest BCUT2D eigenvalue weighted by Crippen LogP contribution is 2.22. The van der Waals surface area contributed by atoms with Gasteiger partial charge in [0.2, 0.25) is 5.65 Å². The van der Waals surface area contributed by atoms with E-state index in [-0.39, 0.29) is 11.0 Å². The van der Waals surface area contributed by atoms with Gasteiger partial charge in [-0.2, -0.15) is 5.10 Å². The van der Waals surface area contributed by atoms with Gasteiger partial charge in [0.05, 0.1) is 10.5 Å². The first-order chi connectivity index (χ1) is 5.81. The number of H-pyrrole nitrogens is 1. The average Bonchev–Trinajstić information content (AvgIpc) is 2.46. The number of diazo groups is 1. The summed E-state index contributed by atoms with van der Waals surface area (Å²) in [6.45, 7) is 0. The third-order valence-electron chi connectivity index (χ3n) is 1.37. The van der Waals surface area contributed by atoms with Crippen LogP contribution in [0, 0.1) is 5.39 Å². The Kier molecular flexibility index (Phi) is 1.38. The van der Waals surface area contributed by atoms with Crippen molar-refractivity contribution in [2.75, 3.05) is 0 Å². The second kappa shape index (κ2) is 2.39. The van der Waals surface area contributed by atoms with E-state index in [1.165, 1.54) is 6.07 Å². The van der Waals surface area contributed by atoms with Crippen molar-refractivity contribution in [3.63, 3.8) is 0 Å². The lowest BCUT2D eigenvalue weighted by molar-refractivity contribution is 1.02. The summed E-state index contributed by atoms with van der Waals surface area (Å²) in [5.74, 6) is 0.154. The molecule has 0 unspecified atom stereocenters. The molecular formula is C5H2ClN6+. The molecule has 12 heavy (non-hydrogen) atoms. The van der Waals surface area contributed by atoms with Gasteiger partial charge in [0.15, 0.2) is 5.15 Å². The van der Waals surface area contributed by atoms with Crippen molar-refractivity contribution in [2.45, 2.75) is 0 Å². The molecule has 0 atom stereocenters. The van der Waals surface area contributed by atoms with Crippen LogP contribution in [0.5, 0.6) is 0 Å². The number of nitrogens with zero attached hydrogens (tertiary/aromatic N) is 5. The quantitative estimate of drug-likeness (QED) is 0.624. The van der Waals surface area contributed by atoms with Crippen molar-refractivity contribution in [2.24, 2.45) is 0 Å². The second-order valence-electron chi connectivity index (χ2n) is 2.08. The van der Waals surface area contributed by atoms with Gasteiger partial charge in [0.25, 0.3) is 0 Å². The highest BCUT2D eigenvalue weighted by atomic mass is 35.5. The summed E-state index contributed by atoms with van der Waals surface area (Å²) in [4.78, 5) is 2.93. The van der Waals surface area contributed by atoms with Crippen LogP contribution in [0.15, 0.2) is 6.07 Å². The van der Waals surface area contributed by atoms with E-state index in [0.717, 1.165) is 0 Å². The molecule has 2 heterocycles. The van der Waals surface area contributed by atoms with Gasteiger partial charge in [0.1, 0.15) is 5.39 Å². The number of aromatic amines is 1. The van der Waals surface area contributed by atoms with Gasteiger partial charge in [-0.1, -0.05) is 11.6 Å². The van der Waals surface area contributed by atoms with Gasteiger partial charge in [-0.25, -0.2) is 0 Å². The fourth-order valence-corrected chi connectivity index (χ4v) is 1.01. The summed E-state index contributed by atoms with van der Waals surface area (Å²) in [6.07, 6.45) is 0. The summed E-state index contributed by atoms with van der Waals surface area (Å²) in [7, 11) is 0. The van der Waals surface area contributed by atoms with Crippen molar-refractivity contribution < 1.29 is 0 Å². The van der Waals surface area contributed by atoms with Crippen LogP contribution in [0.4, 0.5) is 5.82 Å². The number of aromatic nitrogens is 4. The van der Waals surface area contributed by atoms with E-state index in [2.05, 4.69) is 25.4 Å². The Morgan fingerprint density at radius 1 is 1.50 bits per heavy atom. The number of hydrogen-bond donors (Lipinski definition) is 1. The maximum Gasteiger partial charge on any atom is 0.497 e. The summed E-state index contributed by atoms with van der Waals surface area (Å²) in [6, 6.07) is 1.52. The molecule has 7 heteroatoms. The lowest BCUT2D eigenvalue weighted by atomic mass is 10.4. The van der Waals surface area contributed by atoms with Crippen LogP contribution >= 0.6 is 11.6 Å². The first-order valence-corrected chi connectivity index (χ1v) is 3.41. The van der Waals surface area contributed by atoms with Crippen molar-refractivity contribution in [1.29, 1.82) is 5.39 Å². The lowest BCUT2D eigenvalue weighted by Gasteiger charge is -1.82. The van der Waals surface area contributed by atoms with Gasteiger partial charge < -0.3 is 0 Å². The highest BCUT2D eigenvalue weighted by molar-refractivity contribution is 6.30. The van der Waals surface area contributed by atoms with Crippen LogP contribution in [0.1, 0.15) is 0 Å². The Bertz CT molecular complexity index is 468. The Morgan fingerprint density at radius 3 is 3.08 bits per heavy atom. The predicted molar refractivity (Wildman–Crippen MR) is 41.4 cm³/mol. The molecule has 0 fully saturated rings. The van der Waals surface area contributed by atoms with E-state index in [1.54, 1.807) is 0 Å². The van der Waals surface area contributed by atoms with Crippen molar-refractivity contribution in [3.05, 3.63) is 16.2 Å². The van der Waals surface area contributed by atoms with E-state index < -0.39 is 0 Å². The SMILES string of the molecule is N#[N+]c1n[nH]c2nnc(Cl)cc12. The molecule has 0 aliphatic heterocycles. The standard InChI is InChI=1S/C5H2ClN6/c6-3-1-2-4(8-7)10-12-5(2)11-9-3/h1H,(H,10,11,12)/q+1. The average molecular weight is 182 g/mol. The number of fused-ring (bicyclic) bond motifs is 1. The smallest absolute Gasteiger partial charge is 0.163 e. The first-order valence-electron chi connectivity index (χ1n) is 3.03. The second-order valence-corrected chi connectivity index (χ2v) is 2.46. The predicted octanol–water partition coefficient (Wildman–Crippen LogP) is 1.49. The van der Waals surface area contributed by atoms with Gasteiger partial charge in [-0.15, -0.1) is 10.2 Å². The zero-order chi connectivity index (χ0) is 8.55. The van der Waals surface area contributed by atoms with Crippen molar-refractivity contribution >= 4 is 28.5 Å². The number of nitrogens with one attached hydrogen (secondary N) is 1. The molecular weight excluding hydrogens is 180 g/mol. The largest absolute Gasteiger partial charge is 0.497 e. The zero-order valence-electron chi connectivity index (χ0n) is 5.69. The fourth-order valence-electron chi connectivity index (χ4n) is 0.863. The van der Waals surface area contributed by atoms with Crippen LogP contribution in [0.3, 0.4) is 0 Å². The maximum atomic E-state index is 8.47. The van der Waals surface area contributed by atoms with Gasteiger partial charge in [-0.05, 0) is 6.07 Å². The van der Waals surface area contributed by atoms with Crippen molar-refractivity contribution in [1.82, 2.24) is 20.4 Å². The maximum absolute atomic E-state index is 8.47. The molecule has 0 radical (unpaired) electrons. The number of halogens is 1. The van der Waals surface area contributed by atoms with E-state index in [9.17, 15) is 0 Å². The molecule has 1 N–H and O–H groups in total. The number of hydrogen-bond acceptors (Lipinski definition) is 4. The summed E-state index contributed by atoms with van der Waals surface area (Å²) in [5.41, 5.74) is 0.437. The molecule has 0 aromatic carbocycles. The Hall–Kier alpha value is -1.74. The summed E-state index contributed by atoms with van der Waals surface area (Å²) < 4.78 is 0. The molecule has 0 spiro atoms. The molecule has 0 amide bonds. The molecule has 6 nitrogen and oxygen atoms in total. The van der Waals surface area contributed by atoms with Gasteiger partial charge in [0, 0.05) is 4.98 Å². The minimum atomic E-state index is 0.154. The minimum Gasteiger partial charge on any atom is -0.163 e. The van der Waals surface area contributed by atoms with Crippen LogP contribution in [-0.2, 0) is 0 Å². The van der Waals surface area contributed by atoms with E-state index in [0.29, 0.717) is 11.0 Å². The zero-order valence-corrected chi connectivity index (χ0v) is 6.45. The first kappa shape index (κ1) is 6.94. The lowest BCUT2D eigenvalue weighted by Crippen LogP contribution is -1.81. The van der Waals surface area contributed by atoms with Crippen molar-refractivity contribution in [3.8, 4) is 0 Å². The van der Waals surface area contributed by atoms with E-state index >= 15 is 0 Å². The summed E-state index contributed by atoms with van der Waals surface area (Å²) in [5, 5.41) is 22.7. The Balaban J connectivity index is 2.86. The molecule has 0 saturated carbocycles. The molecule has 0 bridgehead atoms. The molecule has 2 rings (SSSR count). The molecule has 2 aromatic rings. The molecule has 0 saturated heterocycles. The molecule has 2 aromatic heterocycles. The third kappa shape index (κ3) is 0.879. The Morgan fingerprint density at radius 2 is 2.33 bits per heavy atom. The van der Waals surface area contributed by atoms with E-state index in [4.69, 9.17) is 17.0 Å². The normalized spacial score (nSPS) is 10.0. The Labute approximate surface area is 71.2 Å². The van der Waals surface area contributed by atoms with Gasteiger partial charge in [-0.3, -0.25) is 0 Å². The van der Waals surface area contributed by atoms with Crippen LogP contribution in [0.25, 0.3) is 16.0 Å². The number of rotatable bonds is 0. The highest BCUT2D eigenvalue weighted by Gasteiger charge is 2.17. The topological polar surface area (TPSA) is 82.6 Å². The van der Waals surface area contributed by atoms with Crippen LogP contribution < -0.4 is 0 Å². The monoisotopic (exact) mass is 181 g/mol. The fraction of sp³-hybridized carbons (Fsp3) is 0. The molecule has 0 aliphatic rings. The molecule has 0 aliphatic carbocycles. The van der Waals surface area contributed by atoms with Crippen LogP contribution in [0.2, 0.25) is 5.15 Å². The molecule has 58 valence electrons. The van der Waals surface area contributed by atoms with Gasteiger partial charge >= 0.3 is 5.82 Å². The minimum absolute atomic E-state index is 0.154. The van der Waals surface area contributed by atoms with E-state index in [1.807, 2.05) is 0 Å². The third-order valence-corrected chi connectivity index (χ3v) is 1.55. The van der Waals surface area contributed by atoms with Crippen LogP contribution in [-0.4, -0.2) is 20.4 Å².